The highest BCUT2D eigenvalue weighted by atomic mass is 16.6. The summed E-state index contributed by atoms with van der Waals surface area (Å²) in [4.78, 5) is 38.8. The zero-order valence-electron chi connectivity index (χ0n) is 25.0. The number of benzene rings is 1. The van der Waals surface area contributed by atoms with Crippen LogP contribution < -0.4 is 0 Å². The molecular formula is C32H51NO7. The van der Waals surface area contributed by atoms with Crippen molar-refractivity contribution in [3.63, 3.8) is 0 Å². The molecule has 6 unspecified atom stereocenters. The molecule has 1 aliphatic rings. The Labute approximate surface area is 240 Å². The van der Waals surface area contributed by atoms with Crippen LogP contribution in [0.4, 0.5) is 0 Å². The smallest absolute Gasteiger partial charge is 0.309 e. The Morgan fingerprint density at radius 2 is 1.88 bits per heavy atom. The van der Waals surface area contributed by atoms with Crippen LogP contribution in [-0.2, 0) is 35.0 Å². The quantitative estimate of drug-likeness (QED) is 0.235. The number of aliphatic hydroxyl groups is 1. The number of aliphatic hydroxyl groups excluding tert-OH is 1. The molecule has 8 nitrogen and oxygen atoms in total. The van der Waals surface area contributed by atoms with Gasteiger partial charge in [0.05, 0.1) is 18.6 Å². The second-order valence-corrected chi connectivity index (χ2v) is 11.3. The second kappa shape index (κ2) is 18.9. The number of aldehydes is 1. The Morgan fingerprint density at radius 3 is 2.55 bits per heavy atom. The van der Waals surface area contributed by atoms with Gasteiger partial charge in [0.15, 0.2) is 0 Å². The Balaban J connectivity index is 2.10. The van der Waals surface area contributed by atoms with Gasteiger partial charge in [-0.05, 0) is 69.4 Å². The lowest BCUT2D eigenvalue weighted by molar-refractivity contribution is -0.165. The molecule has 1 aromatic carbocycles. The van der Waals surface area contributed by atoms with Crippen LogP contribution in [0.5, 0.6) is 0 Å². The largest absolute Gasteiger partial charge is 0.463 e. The van der Waals surface area contributed by atoms with E-state index in [-0.39, 0.29) is 30.8 Å². The van der Waals surface area contributed by atoms with Gasteiger partial charge >= 0.3 is 11.9 Å². The molecule has 1 aliphatic heterocycles. The van der Waals surface area contributed by atoms with Crippen molar-refractivity contribution in [2.24, 2.45) is 11.8 Å². The van der Waals surface area contributed by atoms with E-state index < -0.39 is 30.3 Å². The number of nitrogens with zero attached hydrogens (tertiary/aromatic N) is 1. The molecule has 1 heterocycles. The van der Waals surface area contributed by atoms with Gasteiger partial charge in [0.1, 0.15) is 18.5 Å². The lowest BCUT2D eigenvalue weighted by atomic mass is 9.85. The number of hydrogen-bond acceptors (Lipinski definition) is 8. The highest BCUT2D eigenvalue weighted by Gasteiger charge is 2.32. The summed E-state index contributed by atoms with van der Waals surface area (Å²) in [6, 6.07) is 10.5. The van der Waals surface area contributed by atoms with Crippen molar-refractivity contribution in [3.8, 4) is 0 Å². The van der Waals surface area contributed by atoms with E-state index in [1.807, 2.05) is 19.9 Å². The van der Waals surface area contributed by atoms with Gasteiger partial charge in [0, 0.05) is 33.0 Å². The van der Waals surface area contributed by atoms with Crippen LogP contribution in [0.1, 0.15) is 84.1 Å². The number of unbranched alkanes of at least 4 members (excludes halogenated alkanes) is 2. The number of carbonyl (C=O) groups is 3. The molecule has 0 saturated carbocycles. The van der Waals surface area contributed by atoms with Crippen LogP contribution in [0.15, 0.2) is 30.3 Å². The minimum Gasteiger partial charge on any atom is -0.463 e. The van der Waals surface area contributed by atoms with Crippen LogP contribution in [0.2, 0.25) is 0 Å². The standard InChI is InChI=1S/C32H51NO7/c1-5-31(36)40-30-22-32(37)39-25(3)15-18-33(17-11-7-10-14-26-12-8-6-9-13-26)23-28(35)24(2)20-27(16-19-34)21-29(30)38-4/h6,8-9,12-13,19,24-25,27-30,35H,5,7,10-11,14-18,20-23H2,1-4H3. The molecule has 40 heavy (non-hydrogen) atoms. The van der Waals surface area contributed by atoms with Crippen molar-refractivity contribution in [3.05, 3.63) is 35.9 Å². The van der Waals surface area contributed by atoms with E-state index in [1.54, 1.807) is 6.92 Å². The number of hydrogen-bond donors (Lipinski definition) is 1. The molecule has 0 radical (unpaired) electrons. The van der Waals surface area contributed by atoms with Gasteiger partial charge in [-0.3, -0.25) is 9.59 Å². The molecule has 8 heteroatoms. The maximum Gasteiger partial charge on any atom is 0.309 e. The molecule has 0 aliphatic carbocycles. The van der Waals surface area contributed by atoms with Gasteiger partial charge in [-0.1, -0.05) is 50.6 Å². The van der Waals surface area contributed by atoms with Crippen LogP contribution in [0.3, 0.4) is 0 Å². The fraction of sp³-hybridized carbons (Fsp3) is 0.719. The van der Waals surface area contributed by atoms with E-state index >= 15 is 0 Å². The van der Waals surface area contributed by atoms with E-state index in [4.69, 9.17) is 14.2 Å². The molecule has 1 saturated heterocycles. The van der Waals surface area contributed by atoms with Crippen LogP contribution in [-0.4, -0.2) is 79.4 Å². The maximum absolute atomic E-state index is 12.8. The number of β-amino-alcohol motifs (C(OH)–C–C–N with tert-alkyl or cyclic N) is 1. The highest BCUT2D eigenvalue weighted by Crippen LogP contribution is 2.27. The summed E-state index contributed by atoms with van der Waals surface area (Å²) < 4.78 is 17.0. The predicted molar refractivity (Wildman–Crippen MR) is 155 cm³/mol. The number of methoxy groups -OCH3 is 1. The zero-order valence-corrected chi connectivity index (χ0v) is 25.0. The van der Waals surface area contributed by atoms with Crippen molar-refractivity contribution < 1.29 is 33.7 Å². The minimum absolute atomic E-state index is 0.0416. The molecular weight excluding hydrogens is 510 g/mol. The molecule has 0 spiro atoms. The normalized spacial score (nSPS) is 27.7. The zero-order chi connectivity index (χ0) is 29.3. The van der Waals surface area contributed by atoms with Gasteiger partial charge in [0.25, 0.3) is 0 Å². The van der Waals surface area contributed by atoms with Gasteiger partial charge in [-0.15, -0.1) is 0 Å². The first-order valence-electron chi connectivity index (χ1n) is 15.0. The molecule has 1 N–H and O–H groups in total. The van der Waals surface area contributed by atoms with Gasteiger partial charge < -0.3 is 29.0 Å². The summed E-state index contributed by atoms with van der Waals surface area (Å²) in [6.07, 6.45) is 5.00. The first-order chi connectivity index (χ1) is 19.2. The fourth-order valence-electron chi connectivity index (χ4n) is 5.42. The second-order valence-electron chi connectivity index (χ2n) is 11.3. The number of ether oxygens (including phenoxy) is 3. The van der Waals surface area contributed by atoms with E-state index in [9.17, 15) is 19.5 Å². The summed E-state index contributed by atoms with van der Waals surface area (Å²) in [7, 11) is 1.52. The monoisotopic (exact) mass is 561 g/mol. The molecule has 6 atom stereocenters. The van der Waals surface area contributed by atoms with Crippen molar-refractivity contribution in [2.75, 3.05) is 26.7 Å². The summed E-state index contributed by atoms with van der Waals surface area (Å²) in [6.45, 7) is 7.67. The molecule has 2 rings (SSSR count). The third-order valence-electron chi connectivity index (χ3n) is 7.93. The fourth-order valence-corrected chi connectivity index (χ4v) is 5.42. The Kier molecular flexibility index (Phi) is 16.1. The van der Waals surface area contributed by atoms with Crippen molar-refractivity contribution in [1.29, 1.82) is 0 Å². The number of aryl methyl sites for hydroxylation is 1. The number of esters is 2. The van der Waals surface area contributed by atoms with E-state index in [0.717, 1.165) is 38.5 Å². The molecule has 0 amide bonds. The first kappa shape index (κ1) is 33.9. The van der Waals surface area contributed by atoms with Crippen LogP contribution >= 0.6 is 0 Å². The summed E-state index contributed by atoms with van der Waals surface area (Å²) in [5, 5.41) is 11.2. The SMILES string of the molecule is CCC(=O)OC1CC(=O)OC(C)CCN(CCCCCc2ccccc2)CC(O)C(C)CC(CC=O)CC1OC. The third-order valence-corrected chi connectivity index (χ3v) is 7.93. The van der Waals surface area contributed by atoms with E-state index in [0.29, 0.717) is 38.8 Å². The molecule has 0 bridgehead atoms. The highest BCUT2D eigenvalue weighted by molar-refractivity contribution is 5.72. The number of carbonyl (C=O) groups excluding carboxylic acids is 3. The summed E-state index contributed by atoms with van der Waals surface area (Å²) >= 11 is 0. The topological polar surface area (TPSA) is 102 Å². The molecule has 0 aromatic heterocycles. The first-order valence-corrected chi connectivity index (χ1v) is 15.0. The Hall–Kier alpha value is -2.29. The maximum atomic E-state index is 12.8. The number of cyclic esters (lactones) is 1. The van der Waals surface area contributed by atoms with E-state index in [1.165, 1.54) is 12.7 Å². The van der Waals surface area contributed by atoms with Gasteiger partial charge in [-0.2, -0.15) is 0 Å². The van der Waals surface area contributed by atoms with Crippen LogP contribution in [0.25, 0.3) is 0 Å². The van der Waals surface area contributed by atoms with Gasteiger partial charge in [0.2, 0.25) is 0 Å². The Bertz CT molecular complexity index is 864. The Morgan fingerprint density at radius 1 is 1.12 bits per heavy atom. The van der Waals surface area contributed by atoms with Crippen molar-refractivity contribution in [2.45, 2.75) is 109 Å². The van der Waals surface area contributed by atoms with Crippen molar-refractivity contribution in [1.82, 2.24) is 4.90 Å². The molecule has 1 aromatic rings. The molecule has 226 valence electrons. The summed E-state index contributed by atoms with van der Waals surface area (Å²) in [5.74, 6) is -0.978. The average molecular weight is 562 g/mol. The predicted octanol–water partition coefficient (Wildman–Crippen LogP) is 4.75. The van der Waals surface area contributed by atoms with E-state index in [2.05, 4.69) is 29.2 Å². The van der Waals surface area contributed by atoms with Gasteiger partial charge in [-0.25, -0.2) is 0 Å². The summed E-state index contributed by atoms with van der Waals surface area (Å²) in [5.41, 5.74) is 1.35. The third kappa shape index (κ3) is 12.9. The average Bonchev–Trinajstić information content (AvgIpc) is 2.93. The van der Waals surface area contributed by atoms with Crippen LogP contribution in [0, 0.1) is 11.8 Å². The van der Waals surface area contributed by atoms with Crippen molar-refractivity contribution >= 4 is 18.2 Å². The lowest BCUT2D eigenvalue weighted by Crippen LogP contribution is -2.39. The number of rotatable bonds is 11. The molecule has 1 fully saturated rings. The lowest BCUT2D eigenvalue weighted by Gasteiger charge is -2.31. The minimum atomic E-state index is -0.802.